The third-order valence-corrected chi connectivity index (χ3v) is 3.75. The van der Waals surface area contributed by atoms with E-state index in [0.717, 1.165) is 11.1 Å². The predicted octanol–water partition coefficient (Wildman–Crippen LogP) is 4.26. The van der Waals surface area contributed by atoms with Crippen molar-refractivity contribution in [3.05, 3.63) is 58.7 Å². The molecule has 0 bridgehead atoms. The number of aryl methyl sites for hydroxylation is 2. The van der Waals surface area contributed by atoms with Gasteiger partial charge >= 0.3 is 0 Å². The summed E-state index contributed by atoms with van der Waals surface area (Å²) in [4.78, 5) is 12.3. The largest absolute Gasteiger partial charge is 0.397 e. The number of hydrogen-bond acceptors (Lipinski definition) is 2. The minimum Gasteiger partial charge on any atom is -0.397 e. The van der Waals surface area contributed by atoms with Gasteiger partial charge in [-0.3, -0.25) is 4.79 Å². The fourth-order valence-electron chi connectivity index (χ4n) is 2.16. The Morgan fingerprint density at radius 2 is 1.62 bits per heavy atom. The van der Waals surface area contributed by atoms with Crippen LogP contribution >= 0.6 is 0 Å². The van der Waals surface area contributed by atoms with E-state index in [-0.39, 0.29) is 5.91 Å². The first kappa shape index (κ1) is 15.1. The lowest BCUT2D eigenvalue weighted by Gasteiger charge is -2.12. The van der Waals surface area contributed by atoms with Crippen LogP contribution in [0.3, 0.4) is 0 Å². The summed E-state index contributed by atoms with van der Waals surface area (Å²) in [7, 11) is 0. The summed E-state index contributed by atoms with van der Waals surface area (Å²) in [6.45, 7) is 8.26. The zero-order valence-electron chi connectivity index (χ0n) is 13.0. The molecule has 110 valence electrons. The van der Waals surface area contributed by atoms with E-state index in [0.29, 0.717) is 22.9 Å². The van der Waals surface area contributed by atoms with Crippen molar-refractivity contribution in [2.45, 2.75) is 33.6 Å². The molecule has 3 nitrogen and oxygen atoms in total. The van der Waals surface area contributed by atoms with Crippen LogP contribution in [0, 0.1) is 13.8 Å². The van der Waals surface area contributed by atoms with Crippen LogP contribution < -0.4 is 11.1 Å². The van der Waals surface area contributed by atoms with E-state index in [1.54, 1.807) is 0 Å². The average molecular weight is 282 g/mol. The third kappa shape index (κ3) is 3.43. The van der Waals surface area contributed by atoms with Gasteiger partial charge in [-0.25, -0.2) is 0 Å². The van der Waals surface area contributed by atoms with Crippen molar-refractivity contribution in [1.82, 2.24) is 0 Å². The molecular weight excluding hydrogens is 260 g/mol. The maximum absolute atomic E-state index is 12.3. The molecule has 0 unspecified atom stereocenters. The van der Waals surface area contributed by atoms with Gasteiger partial charge in [-0.15, -0.1) is 0 Å². The molecule has 2 rings (SSSR count). The van der Waals surface area contributed by atoms with Gasteiger partial charge in [0, 0.05) is 5.56 Å². The molecule has 0 aliphatic carbocycles. The number of rotatable bonds is 3. The Morgan fingerprint density at radius 3 is 2.19 bits per heavy atom. The number of benzene rings is 2. The van der Waals surface area contributed by atoms with Crippen LogP contribution in [0.1, 0.15) is 46.8 Å². The fraction of sp³-hybridized carbons (Fsp3) is 0.278. The van der Waals surface area contributed by atoms with Gasteiger partial charge in [-0.05, 0) is 60.7 Å². The molecule has 0 atom stereocenters. The molecule has 0 aliphatic rings. The number of hydrogen-bond donors (Lipinski definition) is 2. The summed E-state index contributed by atoms with van der Waals surface area (Å²) < 4.78 is 0. The number of carbonyl (C=O) groups excluding carboxylic acids is 1. The van der Waals surface area contributed by atoms with Crippen LogP contribution in [0.5, 0.6) is 0 Å². The second-order valence-corrected chi connectivity index (χ2v) is 5.75. The number of nitrogen functional groups attached to an aromatic ring is 1. The number of anilines is 2. The molecule has 0 aliphatic heterocycles. The second kappa shape index (κ2) is 6.00. The van der Waals surface area contributed by atoms with E-state index < -0.39 is 0 Å². The molecule has 0 spiro atoms. The third-order valence-electron chi connectivity index (χ3n) is 3.75. The lowest BCUT2D eigenvalue weighted by atomic mass is 10.0. The van der Waals surface area contributed by atoms with Gasteiger partial charge in [-0.1, -0.05) is 26.0 Å². The molecule has 3 heteroatoms. The van der Waals surface area contributed by atoms with Crippen molar-refractivity contribution in [3.63, 3.8) is 0 Å². The summed E-state index contributed by atoms with van der Waals surface area (Å²) in [5, 5.41) is 2.88. The van der Waals surface area contributed by atoms with Gasteiger partial charge in [0.2, 0.25) is 0 Å². The van der Waals surface area contributed by atoms with Crippen molar-refractivity contribution in [3.8, 4) is 0 Å². The summed E-state index contributed by atoms with van der Waals surface area (Å²) in [5.74, 6) is 0.317. The molecule has 0 saturated carbocycles. The van der Waals surface area contributed by atoms with Gasteiger partial charge in [0.25, 0.3) is 5.91 Å². The van der Waals surface area contributed by atoms with Crippen molar-refractivity contribution in [2.24, 2.45) is 0 Å². The maximum Gasteiger partial charge on any atom is 0.255 e. The van der Waals surface area contributed by atoms with Gasteiger partial charge < -0.3 is 11.1 Å². The van der Waals surface area contributed by atoms with Crippen molar-refractivity contribution >= 4 is 17.3 Å². The lowest BCUT2D eigenvalue weighted by molar-refractivity contribution is 0.102. The quantitative estimate of drug-likeness (QED) is 0.826. The molecule has 0 radical (unpaired) electrons. The average Bonchev–Trinajstić information content (AvgIpc) is 2.44. The maximum atomic E-state index is 12.3. The van der Waals surface area contributed by atoms with Gasteiger partial charge in [0.15, 0.2) is 0 Å². The Bertz CT molecular complexity index is 658. The number of nitrogens with two attached hydrogens (primary N) is 1. The molecule has 0 fully saturated rings. The Morgan fingerprint density at radius 1 is 1.05 bits per heavy atom. The summed E-state index contributed by atoms with van der Waals surface area (Å²) >= 11 is 0. The van der Waals surface area contributed by atoms with E-state index in [9.17, 15) is 4.79 Å². The van der Waals surface area contributed by atoms with E-state index in [1.807, 2.05) is 50.2 Å². The first-order valence-electron chi connectivity index (χ1n) is 7.16. The van der Waals surface area contributed by atoms with Crippen LogP contribution in [0.2, 0.25) is 0 Å². The molecule has 3 N–H and O–H groups in total. The van der Waals surface area contributed by atoms with Crippen LogP contribution in [0.15, 0.2) is 36.4 Å². The molecular formula is C18H22N2O. The highest BCUT2D eigenvalue weighted by atomic mass is 16.1. The molecule has 2 aromatic rings. The van der Waals surface area contributed by atoms with E-state index >= 15 is 0 Å². The molecule has 0 heterocycles. The highest BCUT2D eigenvalue weighted by molar-refractivity contribution is 6.05. The van der Waals surface area contributed by atoms with Crippen LogP contribution in [0.25, 0.3) is 0 Å². The monoisotopic (exact) mass is 282 g/mol. The van der Waals surface area contributed by atoms with Crippen LogP contribution in [0.4, 0.5) is 11.4 Å². The fourth-order valence-corrected chi connectivity index (χ4v) is 2.16. The molecule has 1 amide bonds. The molecule has 0 aromatic heterocycles. The predicted molar refractivity (Wildman–Crippen MR) is 88.8 cm³/mol. The number of nitrogens with one attached hydrogen (secondary N) is 1. The zero-order valence-corrected chi connectivity index (χ0v) is 13.0. The Hall–Kier alpha value is -2.29. The Labute approximate surface area is 126 Å². The Kier molecular flexibility index (Phi) is 4.32. The first-order chi connectivity index (χ1) is 9.88. The van der Waals surface area contributed by atoms with E-state index in [4.69, 9.17) is 5.73 Å². The van der Waals surface area contributed by atoms with E-state index in [1.165, 1.54) is 5.56 Å². The van der Waals surface area contributed by atoms with Gasteiger partial charge in [0.05, 0.1) is 11.4 Å². The second-order valence-electron chi connectivity index (χ2n) is 5.75. The summed E-state index contributed by atoms with van der Waals surface area (Å²) in [5.41, 5.74) is 11.3. The van der Waals surface area contributed by atoms with Crippen molar-refractivity contribution in [1.29, 1.82) is 0 Å². The zero-order chi connectivity index (χ0) is 15.6. The van der Waals surface area contributed by atoms with Crippen molar-refractivity contribution in [2.75, 3.05) is 11.1 Å². The SMILES string of the molecule is Cc1cc(N)c(NC(=O)c2ccc(C(C)C)cc2)cc1C. The Balaban J connectivity index is 2.20. The highest BCUT2D eigenvalue weighted by Crippen LogP contribution is 2.24. The van der Waals surface area contributed by atoms with Crippen LogP contribution in [-0.2, 0) is 0 Å². The smallest absolute Gasteiger partial charge is 0.255 e. The van der Waals surface area contributed by atoms with Gasteiger partial charge in [-0.2, -0.15) is 0 Å². The minimum atomic E-state index is -0.139. The molecule has 2 aromatic carbocycles. The van der Waals surface area contributed by atoms with Crippen molar-refractivity contribution < 1.29 is 4.79 Å². The first-order valence-corrected chi connectivity index (χ1v) is 7.16. The van der Waals surface area contributed by atoms with E-state index in [2.05, 4.69) is 19.2 Å². The van der Waals surface area contributed by atoms with Crippen LogP contribution in [-0.4, -0.2) is 5.91 Å². The normalized spacial score (nSPS) is 10.7. The number of amides is 1. The summed E-state index contributed by atoms with van der Waals surface area (Å²) in [6, 6.07) is 11.5. The molecule has 0 saturated heterocycles. The topological polar surface area (TPSA) is 55.1 Å². The standard InChI is InChI=1S/C18H22N2O/c1-11(2)14-5-7-15(8-6-14)18(21)20-17-10-13(4)12(3)9-16(17)19/h5-11H,19H2,1-4H3,(H,20,21). The van der Waals surface area contributed by atoms with Gasteiger partial charge in [0.1, 0.15) is 0 Å². The molecule has 21 heavy (non-hydrogen) atoms. The minimum absolute atomic E-state index is 0.139. The summed E-state index contributed by atoms with van der Waals surface area (Å²) in [6.07, 6.45) is 0. The highest BCUT2D eigenvalue weighted by Gasteiger charge is 2.10. The number of carbonyl (C=O) groups is 1. The lowest BCUT2D eigenvalue weighted by Crippen LogP contribution is -2.13.